The molecule has 6 nitrogen and oxygen atoms in total. The van der Waals surface area contributed by atoms with Crippen LogP contribution in [0.25, 0.3) is 0 Å². The molecule has 2 aromatic rings. The lowest BCUT2D eigenvalue weighted by Gasteiger charge is -2.35. The average Bonchev–Trinajstić information content (AvgIpc) is 2.71. The molecule has 5 rings (SSSR count). The lowest BCUT2D eigenvalue weighted by molar-refractivity contribution is -1.06. The minimum atomic E-state index is -1.24. The Morgan fingerprint density at radius 3 is 1.11 bits per heavy atom. The van der Waals surface area contributed by atoms with Gasteiger partial charge in [0.1, 0.15) is 39.3 Å². The molecule has 0 aliphatic carbocycles. The van der Waals surface area contributed by atoms with Crippen molar-refractivity contribution in [2.75, 3.05) is 39.3 Å². The van der Waals surface area contributed by atoms with Crippen LogP contribution in [0.4, 0.5) is 0 Å². The first-order chi connectivity index (χ1) is 13.4. The summed E-state index contributed by atoms with van der Waals surface area (Å²) in [5.41, 5.74) is 0.0633. The highest BCUT2D eigenvalue weighted by atomic mass is 35.5. The first-order valence-electron chi connectivity index (χ1n) is 8.97. The highest BCUT2D eigenvalue weighted by molar-refractivity contribution is 6.33. The number of rotatable bonds is 2. The molecule has 3 heterocycles. The van der Waals surface area contributed by atoms with Gasteiger partial charge >= 0.3 is 0 Å². The van der Waals surface area contributed by atoms with Crippen LogP contribution in [0.1, 0.15) is 20.7 Å². The normalized spacial score (nSPS) is 19.5. The average molecular weight is 425 g/mol. The van der Waals surface area contributed by atoms with Gasteiger partial charge in [0, 0.05) is 21.2 Å². The Kier molecular flexibility index (Phi) is 8.73. The maximum Gasteiger partial charge on any atom is 0.127 e. The molecule has 0 aromatic heterocycles. The molecule has 150 valence electrons. The van der Waals surface area contributed by atoms with Crippen LogP contribution in [0.3, 0.4) is 0 Å². The second kappa shape index (κ2) is 11.0. The predicted octanol–water partition coefficient (Wildman–Crippen LogP) is -1.81. The smallest absolute Gasteiger partial charge is 0.127 e. The van der Waals surface area contributed by atoms with E-state index in [9.17, 15) is 19.8 Å². The van der Waals surface area contributed by atoms with Crippen molar-refractivity contribution in [1.29, 1.82) is 0 Å². The summed E-state index contributed by atoms with van der Waals surface area (Å²) < 4.78 is 0. The van der Waals surface area contributed by atoms with Crippen molar-refractivity contribution >= 4 is 35.1 Å². The number of halogens is 2. The molecule has 3 saturated heterocycles. The first-order valence-corrected chi connectivity index (χ1v) is 9.73. The van der Waals surface area contributed by atoms with E-state index >= 15 is 0 Å². The fraction of sp³-hybridized carbons (Fsp3) is 0.300. The van der Waals surface area contributed by atoms with Gasteiger partial charge in [-0.2, -0.15) is 0 Å². The van der Waals surface area contributed by atoms with Crippen LogP contribution < -0.4 is 20.0 Å². The molecule has 3 fully saturated rings. The fourth-order valence-electron chi connectivity index (χ4n) is 3.06. The van der Waals surface area contributed by atoms with Crippen molar-refractivity contribution in [3.05, 3.63) is 69.7 Å². The van der Waals surface area contributed by atoms with Crippen LogP contribution in [-0.4, -0.2) is 51.2 Å². The molecule has 0 radical (unpaired) electrons. The second-order valence-electron chi connectivity index (χ2n) is 6.53. The Labute approximate surface area is 173 Å². The number of quaternary nitrogens is 2. The number of nitrogens with one attached hydrogen (secondary N) is 2. The highest BCUT2D eigenvalue weighted by Crippen LogP contribution is 2.13. The predicted molar refractivity (Wildman–Crippen MR) is 103 cm³/mol. The van der Waals surface area contributed by atoms with Crippen molar-refractivity contribution in [3.8, 4) is 0 Å². The number of carboxylic acid groups (broad SMARTS) is 2. The topological polar surface area (TPSA) is 89.1 Å². The summed E-state index contributed by atoms with van der Waals surface area (Å²) in [6.07, 6.45) is 0. The Morgan fingerprint density at radius 1 is 0.643 bits per heavy atom. The van der Waals surface area contributed by atoms with E-state index in [1.807, 2.05) is 9.80 Å². The largest absolute Gasteiger partial charge is 0.545 e. The van der Waals surface area contributed by atoms with Gasteiger partial charge in [0.2, 0.25) is 0 Å². The zero-order valence-electron chi connectivity index (χ0n) is 15.3. The van der Waals surface area contributed by atoms with Gasteiger partial charge in [0.15, 0.2) is 0 Å². The van der Waals surface area contributed by atoms with Crippen LogP contribution in [0.2, 0.25) is 10.0 Å². The van der Waals surface area contributed by atoms with Gasteiger partial charge in [-0.3, -0.25) is 0 Å². The molecule has 28 heavy (non-hydrogen) atoms. The molecule has 2 N–H and O–H groups in total. The molecular weight excluding hydrogens is 403 g/mol. The molecule has 8 heteroatoms. The van der Waals surface area contributed by atoms with Crippen molar-refractivity contribution in [2.24, 2.45) is 0 Å². The van der Waals surface area contributed by atoms with Gasteiger partial charge in [-0.1, -0.05) is 59.6 Å². The molecule has 0 spiro atoms. The number of carboxylic acids is 2. The maximum absolute atomic E-state index is 10.2. The number of hydrogen-bond donors (Lipinski definition) is 2. The Hall–Kier alpha value is -2.12. The number of piperazine rings is 3. The summed E-state index contributed by atoms with van der Waals surface area (Å²) in [6.45, 7) is 8.64. The van der Waals surface area contributed by atoms with Crippen molar-refractivity contribution in [2.45, 2.75) is 0 Å². The van der Waals surface area contributed by atoms with E-state index in [1.165, 1.54) is 63.5 Å². The lowest BCUT2D eigenvalue weighted by Crippen LogP contribution is -3.35. The standard InChI is InChI=1S/2C7H5ClO2.C6H12N2/c2*8-6-4-2-1-3-5(6)7(9)10;1-2-8-5-3-7(1)4-6-8/h2*1-4H,(H,9,10);1-6H2. The zero-order valence-corrected chi connectivity index (χ0v) is 16.8. The third-order valence-corrected chi connectivity index (χ3v) is 5.34. The van der Waals surface area contributed by atoms with Gasteiger partial charge < -0.3 is 29.6 Å². The van der Waals surface area contributed by atoms with E-state index in [4.69, 9.17) is 23.2 Å². The van der Waals surface area contributed by atoms with Crippen LogP contribution >= 0.6 is 23.2 Å². The number of aromatic carboxylic acids is 2. The van der Waals surface area contributed by atoms with Gasteiger partial charge in [0.25, 0.3) is 0 Å². The summed E-state index contributed by atoms with van der Waals surface area (Å²) in [7, 11) is 0. The van der Waals surface area contributed by atoms with Crippen LogP contribution in [0.15, 0.2) is 48.5 Å². The number of hydrogen-bond acceptors (Lipinski definition) is 4. The number of benzene rings is 2. The van der Waals surface area contributed by atoms with Gasteiger partial charge in [0.05, 0.1) is 11.9 Å². The molecule has 0 atom stereocenters. The number of fused-ring (bicyclic) bond motifs is 3. The third-order valence-electron chi connectivity index (χ3n) is 4.68. The molecule has 0 amide bonds. The quantitative estimate of drug-likeness (QED) is 0.594. The summed E-state index contributed by atoms with van der Waals surface area (Å²) in [5, 5.41) is 20.9. The number of carbonyl (C=O) groups excluding carboxylic acids is 2. The number of carbonyl (C=O) groups is 2. The van der Waals surface area contributed by atoms with Gasteiger partial charge in [-0.05, 0) is 12.1 Å². The van der Waals surface area contributed by atoms with Gasteiger partial charge in [-0.15, -0.1) is 0 Å². The summed E-state index contributed by atoms with van der Waals surface area (Å²) in [5.74, 6) is -2.49. The molecule has 3 aliphatic rings. The molecule has 2 aromatic carbocycles. The molecule has 0 unspecified atom stereocenters. The molecular formula is C20H22Cl2N2O4. The van der Waals surface area contributed by atoms with Crippen LogP contribution in [0.5, 0.6) is 0 Å². The molecule has 0 saturated carbocycles. The van der Waals surface area contributed by atoms with Crippen LogP contribution in [0, 0.1) is 0 Å². The van der Waals surface area contributed by atoms with Crippen LogP contribution in [-0.2, 0) is 0 Å². The SMILES string of the molecule is C1C[NH+]2CC[NH+]1CC2.O=C([O-])c1ccccc1Cl.O=C([O-])c1ccccc1Cl. The lowest BCUT2D eigenvalue weighted by atomic mass is 10.2. The fourth-order valence-corrected chi connectivity index (χ4v) is 3.49. The Bertz CT molecular complexity index is 730. The van der Waals surface area contributed by atoms with E-state index in [0.29, 0.717) is 0 Å². The van der Waals surface area contributed by atoms with E-state index in [1.54, 1.807) is 24.3 Å². The zero-order chi connectivity index (χ0) is 20.5. The van der Waals surface area contributed by atoms with Gasteiger partial charge in [-0.25, -0.2) is 0 Å². The van der Waals surface area contributed by atoms with Crippen molar-refractivity contribution < 1.29 is 29.6 Å². The second-order valence-corrected chi connectivity index (χ2v) is 7.35. The maximum atomic E-state index is 10.2. The third kappa shape index (κ3) is 6.80. The minimum Gasteiger partial charge on any atom is -0.545 e. The minimum absolute atomic E-state index is 0.0316. The summed E-state index contributed by atoms with van der Waals surface area (Å²) in [6, 6.07) is 12.3. The van der Waals surface area contributed by atoms with E-state index in [-0.39, 0.29) is 21.2 Å². The van der Waals surface area contributed by atoms with Crippen molar-refractivity contribution in [3.63, 3.8) is 0 Å². The van der Waals surface area contributed by atoms with E-state index in [2.05, 4.69) is 0 Å². The summed E-state index contributed by atoms with van der Waals surface area (Å²) >= 11 is 11.0. The Balaban J connectivity index is 0.000000151. The van der Waals surface area contributed by atoms with E-state index < -0.39 is 11.9 Å². The first kappa shape index (κ1) is 22.2. The van der Waals surface area contributed by atoms with E-state index in [0.717, 1.165) is 0 Å². The Morgan fingerprint density at radius 2 is 0.929 bits per heavy atom. The summed E-state index contributed by atoms with van der Waals surface area (Å²) in [4.78, 5) is 24.1. The molecule has 2 bridgehead atoms. The monoisotopic (exact) mass is 424 g/mol. The highest BCUT2D eigenvalue weighted by Gasteiger charge is 2.29. The molecule has 3 aliphatic heterocycles. The van der Waals surface area contributed by atoms with Crippen molar-refractivity contribution in [1.82, 2.24) is 0 Å².